The van der Waals surface area contributed by atoms with E-state index in [-0.39, 0.29) is 24.2 Å². The van der Waals surface area contributed by atoms with E-state index in [1.807, 2.05) is 26.0 Å². The fourth-order valence-corrected chi connectivity index (χ4v) is 4.14. The summed E-state index contributed by atoms with van der Waals surface area (Å²) in [7, 11) is 1.32. The number of fused-ring (bicyclic) bond motifs is 1. The number of nitrogens with one attached hydrogen (secondary N) is 2. The predicted molar refractivity (Wildman–Crippen MR) is 116 cm³/mol. The van der Waals surface area contributed by atoms with E-state index < -0.39 is 17.6 Å². The summed E-state index contributed by atoms with van der Waals surface area (Å²) in [5.41, 5.74) is 0.682. The van der Waals surface area contributed by atoms with Crippen molar-refractivity contribution in [3.05, 3.63) is 48.0 Å². The van der Waals surface area contributed by atoms with Crippen LogP contribution in [0.2, 0.25) is 0 Å². The largest absolute Gasteiger partial charge is 0.467 e. The van der Waals surface area contributed by atoms with Crippen molar-refractivity contribution in [3.8, 4) is 0 Å². The molecule has 3 rings (SSSR count). The highest BCUT2D eigenvalue weighted by Gasteiger charge is 2.38. The van der Waals surface area contributed by atoms with Crippen molar-refractivity contribution in [1.29, 1.82) is 0 Å². The van der Waals surface area contributed by atoms with Gasteiger partial charge in [0.15, 0.2) is 0 Å². The molecular weight excluding hydrogens is 380 g/mol. The quantitative estimate of drug-likeness (QED) is 0.655. The molecule has 0 bridgehead atoms. The van der Waals surface area contributed by atoms with Crippen molar-refractivity contribution in [2.45, 2.75) is 57.5 Å². The van der Waals surface area contributed by atoms with E-state index >= 15 is 0 Å². The van der Waals surface area contributed by atoms with E-state index in [0.29, 0.717) is 25.7 Å². The van der Waals surface area contributed by atoms with Gasteiger partial charge in [0, 0.05) is 18.4 Å². The molecule has 30 heavy (non-hydrogen) atoms. The maximum Gasteiger partial charge on any atom is 0.328 e. The number of carbonyl (C=O) groups is 3. The lowest BCUT2D eigenvalue weighted by Gasteiger charge is -2.30. The van der Waals surface area contributed by atoms with Crippen molar-refractivity contribution in [2.75, 3.05) is 7.11 Å². The maximum absolute atomic E-state index is 12.6. The molecule has 1 saturated heterocycles. The molecule has 0 aliphatic carbocycles. The van der Waals surface area contributed by atoms with Crippen molar-refractivity contribution >= 4 is 28.6 Å². The summed E-state index contributed by atoms with van der Waals surface area (Å²) in [4.78, 5) is 36.5. The normalized spacial score (nSPS) is 19.5. The van der Waals surface area contributed by atoms with E-state index in [0.717, 1.165) is 10.9 Å². The lowest BCUT2D eigenvalue weighted by Crippen LogP contribution is -2.47. The van der Waals surface area contributed by atoms with E-state index in [1.165, 1.54) is 12.5 Å². The summed E-state index contributed by atoms with van der Waals surface area (Å²) in [5.74, 6) is -0.707. The SMILES string of the molecule is COC(=O)[C@@H](NC(=O)CC[C@@]1(Cc2ccc3ccccc3c2)CCC(=O)N1)C(C)C. The van der Waals surface area contributed by atoms with Crippen LogP contribution in [0, 0.1) is 5.92 Å². The summed E-state index contributed by atoms with van der Waals surface area (Å²) >= 11 is 0. The van der Waals surface area contributed by atoms with Gasteiger partial charge >= 0.3 is 5.97 Å². The Kier molecular flexibility index (Phi) is 6.75. The van der Waals surface area contributed by atoms with Crippen LogP contribution in [-0.2, 0) is 25.5 Å². The molecule has 0 radical (unpaired) electrons. The Morgan fingerprint density at radius 2 is 1.90 bits per heavy atom. The molecule has 0 aromatic heterocycles. The molecule has 1 aliphatic heterocycles. The zero-order chi connectivity index (χ0) is 21.7. The van der Waals surface area contributed by atoms with Gasteiger partial charge in [-0.05, 0) is 41.5 Å². The highest BCUT2D eigenvalue weighted by molar-refractivity contribution is 5.85. The first kappa shape index (κ1) is 21.8. The number of ether oxygens (including phenoxy) is 1. The van der Waals surface area contributed by atoms with Crippen molar-refractivity contribution in [1.82, 2.24) is 10.6 Å². The smallest absolute Gasteiger partial charge is 0.328 e. The second kappa shape index (κ2) is 9.28. The summed E-state index contributed by atoms with van der Waals surface area (Å²) in [6, 6.07) is 13.8. The minimum atomic E-state index is -0.669. The molecule has 2 amide bonds. The van der Waals surface area contributed by atoms with Gasteiger partial charge in [0.05, 0.1) is 7.11 Å². The van der Waals surface area contributed by atoms with Gasteiger partial charge < -0.3 is 15.4 Å². The third-order valence-electron chi connectivity index (χ3n) is 5.86. The molecule has 1 fully saturated rings. The molecule has 0 unspecified atom stereocenters. The third-order valence-corrected chi connectivity index (χ3v) is 5.86. The van der Waals surface area contributed by atoms with E-state index in [1.54, 1.807) is 0 Å². The molecule has 0 saturated carbocycles. The number of benzene rings is 2. The van der Waals surface area contributed by atoms with Gasteiger partial charge in [0.2, 0.25) is 11.8 Å². The zero-order valence-electron chi connectivity index (χ0n) is 17.9. The number of carbonyl (C=O) groups excluding carboxylic acids is 3. The van der Waals surface area contributed by atoms with Gasteiger partial charge in [0.25, 0.3) is 0 Å². The summed E-state index contributed by atoms with van der Waals surface area (Å²) in [6.45, 7) is 3.72. The third kappa shape index (κ3) is 5.17. The Morgan fingerprint density at radius 3 is 2.53 bits per heavy atom. The topological polar surface area (TPSA) is 84.5 Å². The van der Waals surface area contributed by atoms with Gasteiger partial charge in [-0.1, -0.05) is 56.3 Å². The molecular formula is C24H30N2O4. The van der Waals surface area contributed by atoms with Gasteiger partial charge in [0.1, 0.15) is 6.04 Å². The van der Waals surface area contributed by atoms with Gasteiger partial charge in [-0.3, -0.25) is 9.59 Å². The first-order valence-electron chi connectivity index (χ1n) is 10.5. The monoisotopic (exact) mass is 410 g/mol. The molecule has 2 N–H and O–H groups in total. The van der Waals surface area contributed by atoms with Crippen LogP contribution < -0.4 is 10.6 Å². The van der Waals surface area contributed by atoms with Crippen molar-refractivity contribution in [2.24, 2.45) is 5.92 Å². The fourth-order valence-electron chi connectivity index (χ4n) is 4.14. The van der Waals surface area contributed by atoms with Gasteiger partial charge in [-0.25, -0.2) is 4.79 Å². The highest BCUT2D eigenvalue weighted by Crippen LogP contribution is 2.30. The Bertz CT molecular complexity index is 940. The molecule has 2 atom stereocenters. The van der Waals surface area contributed by atoms with E-state index in [9.17, 15) is 14.4 Å². The van der Waals surface area contributed by atoms with Crippen molar-refractivity contribution < 1.29 is 19.1 Å². The lowest BCUT2D eigenvalue weighted by atomic mass is 9.84. The molecule has 2 aromatic rings. The van der Waals surface area contributed by atoms with Crippen LogP contribution in [0.5, 0.6) is 0 Å². The lowest BCUT2D eigenvalue weighted by molar-refractivity contribution is -0.146. The first-order chi connectivity index (χ1) is 14.3. The maximum atomic E-state index is 12.6. The van der Waals surface area contributed by atoms with Crippen LogP contribution >= 0.6 is 0 Å². The summed E-state index contributed by atoms with van der Waals surface area (Å²) < 4.78 is 4.79. The van der Waals surface area contributed by atoms with Crippen LogP contribution in [0.25, 0.3) is 10.8 Å². The van der Waals surface area contributed by atoms with Crippen molar-refractivity contribution in [3.63, 3.8) is 0 Å². The minimum absolute atomic E-state index is 0.0193. The molecule has 1 heterocycles. The fraction of sp³-hybridized carbons (Fsp3) is 0.458. The summed E-state index contributed by atoms with van der Waals surface area (Å²) in [6.07, 6.45) is 2.57. The van der Waals surface area contributed by atoms with E-state index in [2.05, 4.69) is 41.0 Å². The zero-order valence-corrected chi connectivity index (χ0v) is 17.9. The first-order valence-corrected chi connectivity index (χ1v) is 10.5. The van der Waals surface area contributed by atoms with Gasteiger partial charge in [-0.15, -0.1) is 0 Å². The molecule has 6 heteroatoms. The number of amides is 2. The van der Waals surface area contributed by atoms with Crippen LogP contribution in [-0.4, -0.2) is 36.5 Å². The molecule has 2 aromatic carbocycles. The average molecular weight is 411 g/mol. The Hall–Kier alpha value is -2.89. The number of hydrogen-bond acceptors (Lipinski definition) is 4. The van der Waals surface area contributed by atoms with E-state index in [4.69, 9.17) is 4.74 Å². The van der Waals surface area contributed by atoms with Crippen LogP contribution in [0.3, 0.4) is 0 Å². The highest BCUT2D eigenvalue weighted by atomic mass is 16.5. The molecule has 1 aliphatic rings. The Morgan fingerprint density at radius 1 is 1.17 bits per heavy atom. The average Bonchev–Trinajstić information content (AvgIpc) is 3.10. The number of rotatable bonds is 8. The Labute approximate surface area is 177 Å². The second-order valence-corrected chi connectivity index (χ2v) is 8.50. The molecule has 0 spiro atoms. The number of esters is 1. The molecule has 6 nitrogen and oxygen atoms in total. The molecule has 160 valence electrons. The number of hydrogen-bond donors (Lipinski definition) is 2. The Balaban J connectivity index is 1.70. The predicted octanol–water partition coefficient (Wildman–Crippen LogP) is 3.13. The number of methoxy groups -OCH3 is 1. The van der Waals surface area contributed by atoms with Crippen LogP contribution in [0.15, 0.2) is 42.5 Å². The second-order valence-electron chi connectivity index (χ2n) is 8.50. The van der Waals surface area contributed by atoms with Gasteiger partial charge in [-0.2, -0.15) is 0 Å². The van der Waals surface area contributed by atoms with Crippen LogP contribution in [0.4, 0.5) is 0 Å². The van der Waals surface area contributed by atoms with Crippen LogP contribution in [0.1, 0.15) is 45.1 Å². The minimum Gasteiger partial charge on any atom is -0.467 e. The standard InChI is InChI=1S/C24H30N2O4/c1-16(2)22(23(29)30-3)25-20(27)10-12-24(13-11-21(28)26-24)15-17-8-9-18-6-4-5-7-19(18)14-17/h4-9,14,16,22H,10-13,15H2,1-3H3,(H,25,27)(H,26,28)/t22-,24-/m0/s1. The summed E-state index contributed by atoms with van der Waals surface area (Å²) in [5, 5.41) is 8.23.